The average Bonchev–Trinajstić information content (AvgIpc) is 3.15. The van der Waals surface area contributed by atoms with Crippen molar-refractivity contribution in [2.75, 3.05) is 18.0 Å². The van der Waals surface area contributed by atoms with Crippen molar-refractivity contribution in [2.24, 2.45) is 0 Å². The van der Waals surface area contributed by atoms with Crippen LogP contribution in [0, 0.1) is 0 Å². The molecule has 3 heterocycles. The second-order valence-electron chi connectivity index (χ2n) is 9.19. The molecule has 1 N–H and O–H groups in total. The minimum absolute atomic E-state index is 0.0444. The number of amides is 1. The first-order chi connectivity index (χ1) is 12.7. The van der Waals surface area contributed by atoms with E-state index in [1.165, 1.54) is 3.71 Å². The van der Waals surface area contributed by atoms with Gasteiger partial charge in [-0.2, -0.15) is 0 Å². The van der Waals surface area contributed by atoms with Gasteiger partial charge in [0, 0.05) is 0 Å². The normalized spacial score (nSPS) is 21.5. The van der Waals surface area contributed by atoms with Gasteiger partial charge in [0.25, 0.3) is 0 Å². The Kier molecular flexibility index (Phi) is 4.52. The number of pyridine rings is 2. The first-order valence-corrected chi connectivity index (χ1v) is 19.7. The van der Waals surface area contributed by atoms with E-state index in [0.717, 1.165) is 42.7 Å². The minimum atomic E-state index is -2.19. The van der Waals surface area contributed by atoms with Gasteiger partial charge in [-0.05, 0) is 0 Å². The fraction of sp³-hybridized carbons (Fsp3) is 0.550. The fourth-order valence-electron chi connectivity index (χ4n) is 4.00. The molecule has 1 aliphatic carbocycles. The van der Waals surface area contributed by atoms with Crippen molar-refractivity contribution in [3.63, 3.8) is 0 Å². The van der Waals surface area contributed by atoms with Crippen LogP contribution in [0.1, 0.15) is 26.2 Å². The molecule has 1 saturated heterocycles. The molecule has 144 valence electrons. The molecule has 1 unspecified atom stereocenters. The van der Waals surface area contributed by atoms with Gasteiger partial charge < -0.3 is 0 Å². The molecule has 1 atom stereocenters. The van der Waals surface area contributed by atoms with Gasteiger partial charge in [-0.15, -0.1) is 0 Å². The monoisotopic (exact) mass is 476 g/mol. The molecule has 2 aliphatic rings. The fourth-order valence-corrected chi connectivity index (χ4v) is 6.97. The van der Waals surface area contributed by atoms with Crippen molar-refractivity contribution in [1.82, 2.24) is 14.9 Å². The van der Waals surface area contributed by atoms with Gasteiger partial charge in [-0.1, -0.05) is 0 Å². The number of aromatic nitrogens is 2. The first kappa shape index (κ1) is 18.8. The summed E-state index contributed by atoms with van der Waals surface area (Å²) in [6.45, 7) is 3.61. The summed E-state index contributed by atoms with van der Waals surface area (Å²) in [5, 5.41) is 9.69. The van der Waals surface area contributed by atoms with E-state index >= 15 is 0 Å². The van der Waals surface area contributed by atoms with Crippen LogP contribution in [0.25, 0.3) is 11.0 Å². The molecule has 0 spiro atoms. The van der Waals surface area contributed by atoms with E-state index in [2.05, 4.69) is 44.8 Å². The van der Waals surface area contributed by atoms with Crippen molar-refractivity contribution in [3.05, 3.63) is 24.3 Å². The molecule has 0 aromatic carbocycles. The summed E-state index contributed by atoms with van der Waals surface area (Å²) >= 11 is -2.19. The van der Waals surface area contributed by atoms with E-state index in [9.17, 15) is 9.90 Å². The van der Waals surface area contributed by atoms with E-state index in [1.54, 1.807) is 4.90 Å². The quantitative estimate of drug-likeness (QED) is 0.688. The summed E-state index contributed by atoms with van der Waals surface area (Å²) in [4.78, 5) is 32.5. The molecule has 2 fully saturated rings. The van der Waals surface area contributed by atoms with Crippen LogP contribution in [0.5, 0.6) is 0 Å². The Morgan fingerprint density at radius 3 is 2.48 bits per heavy atom. The molecule has 4 rings (SSSR count). The van der Waals surface area contributed by atoms with Crippen LogP contribution in [0.3, 0.4) is 0 Å². The topological polar surface area (TPSA) is 69.6 Å². The van der Waals surface area contributed by atoms with Gasteiger partial charge in [-0.25, -0.2) is 0 Å². The number of carbonyl (C=O) groups is 1. The summed E-state index contributed by atoms with van der Waals surface area (Å²) in [6.07, 6.45) is 2.00. The summed E-state index contributed by atoms with van der Waals surface area (Å²) in [5.41, 5.74) is 1.71. The van der Waals surface area contributed by atoms with Crippen LogP contribution in [0.2, 0.25) is 14.8 Å². The van der Waals surface area contributed by atoms with Gasteiger partial charge in [0.05, 0.1) is 0 Å². The van der Waals surface area contributed by atoms with E-state index in [-0.39, 0.29) is 11.6 Å². The first-order valence-electron chi connectivity index (χ1n) is 9.73. The molecule has 0 bridgehead atoms. The molecular formula is C20H28N4O2Sn. The Morgan fingerprint density at radius 1 is 1.19 bits per heavy atom. The molecule has 0 radical (unpaired) electrons. The van der Waals surface area contributed by atoms with Crippen LogP contribution >= 0.6 is 0 Å². The zero-order valence-electron chi connectivity index (χ0n) is 16.6. The Bertz CT molecular complexity index is 891. The number of fused-ring (bicyclic) bond motifs is 1. The molecule has 1 amide bonds. The number of anilines is 1. The molecule has 27 heavy (non-hydrogen) atoms. The van der Waals surface area contributed by atoms with Crippen molar-refractivity contribution in [2.45, 2.75) is 52.6 Å². The van der Waals surface area contributed by atoms with Gasteiger partial charge in [-0.3, -0.25) is 0 Å². The predicted octanol–water partition coefficient (Wildman–Crippen LogP) is 3.29. The summed E-state index contributed by atoms with van der Waals surface area (Å²) in [7, 11) is 0. The van der Waals surface area contributed by atoms with Crippen molar-refractivity contribution in [3.8, 4) is 0 Å². The van der Waals surface area contributed by atoms with Gasteiger partial charge in [0.15, 0.2) is 0 Å². The Balaban J connectivity index is 1.55. The molecule has 2 aromatic rings. The predicted molar refractivity (Wildman–Crippen MR) is 111 cm³/mol. The Hall–Kier alpha value is -1.57. The number of nitrogens with zero attached hydrogens (tertiary/aromatic N) is 4. The molecule has 7 heteroatoms. The molecule has 1 aliphatic heterocycles. The second-order valence-corrected chi connectivity index (χ2v) is 23.5. The van der Waals surface area contributed by atoms with E-state index in [4.69, 9.17) is 9.97 Å². The molecular weight excluding hydrogens is 447 g/mol. The van der Waals surface area contributed by atoms with Crippen molar-refractivity contribution in [1.29, 1.82) is 0 Å². The van der Waals surface area contributed by atoms with Crippen LogP contribution < -0.4 is 8.61 Å². The van der Waals surface area contributed by atoms with Crippen molar-refractivity contribution >= 4 is 45.0 Å². The Labute approximate surface area is 164 Å². The number of hydrogen-bond acceptors (Lipinski definition) is 4. The molecule has 1 saturated carbocycles. The third-order valence-corrected chi connectivity index (χ3v) is 11.1. The van der Waals surface area contributed by atoms with E-state index in [1.807, 2.05) is 6.07 Å². The average molecular weight is 475 g/mol. The summed E-state index contributed by atoms with van der Waals surface area (Å²) in [5.74, 6) is 0.921. The molecule has 2 aromatic heterocycles. The van der Waals surface area contributed by atoms with Crippen LogP contribution in [-0.2, 0) is 0 Å². The molecule has 6 nitrogen and oxygen atoms in total. The standard InChI is InChI=1S/C17H19N4O2.3CH3.Sn/c1-17(7-8-17)21(16(22)23)12-6-10-20(11-12)15-5-4-13-14(19-15)3-2-9-18-13;;;;/h2-5,12H,6-8,10-11H2,1H3,(H,22,23);3*1H3;. The maximum atomic E-state index is 11.8. The third-order valence-electron chi connectivity index (χ3n) is 5.91. The van der Waals surface area contributed by atoms with E-state index < -0.39 is 24.5 Å². The zero-order valence-corrected chi connectivity index (χ0v) is 19.4. The number of rotatable bonds is 4. The van der Waals surface area contributed by atoms with Gasteiger partial charge in [0.1, 0.15) is 0 Å². The van der Waals surface area contributed by atoms with E-state index in [0.29, 0.717) is 6.54 Å². The third kappa shape index (κ3) is 3.60. The number of carboxylic acid groups (broad SMARTS) is 1. The summed E-state index contributed by atoms with van der Waals surface area (Å²) in [6, 6.07) is 8.36. The Morgan fingerprint density at radius 2 is 1.85 bits per heavy atom. The van der Waals surface area contributed by atoms with Crippen molar-refractivity contribution < 1.29 is 9.90 Å². The zero-order chi connectivity index (χ0) is 19.4. The van der Waals surface area contributed by atoms with Gasteiger partial charge in [0.2, 0.25) is 0 Å². The number of hydrogen-bond donors (Lipinski definition) is 1. The SMILES string of the molecule is CC1(N(C(=O)O)C2CCN(c3ccc4n[c]([Sn]([CH3])([CH3])[CH3])ccc4n3)C2)CC1. The van der Waals surface area contributed by atoms with Crippen LogP contribution in [0.4, 0.5) is 10.6 Å². The van der Waals surface area contributed by atoms with Gasteiger partial charge >= 0.3 is 165 Å². The van der Waals surface area contributed by atoms with Crippen LogP contribution in [-0.4, -0.2) is 69.1 Å². The maximum absolute atomic E-state index is 11.8. The summed E-state index contributed by atoms with van der Waals surface area (Å²) < 4.78 is 1.27. The van der Waals surface area contributed by atoms with Crippen LogP contribution in [0.15, 0.2) is 24.3 Å². The second kappa shape index (κ2) is 6.50.